The molecule has 0 radical (unpaired) electrons. The van der Waals surface area contributed by atoms with E-state index in [1.807, 2.05) is 80.6 Å². The minimum absolute atomic E-state index is 0.135. The van der Waals surface area contributed by atoms with Crippen molar-refractivity contribution in [1.29, 1.82) is 0 Å². The fraction of sp³-hybridized carbons (Fsp3) is 0.281. The van der Waals surface area contributed by atoms with Crippen LogP contribution >= 0.6 is 0 Å². The fourth-order valence-corrected chi connectivity index (χ4v) is 4.78. The van der Waals surface area contributed by atoms with Gasteiger partial charge < -0.3 is 14.0 Å². The van der Waals surface area contributed by atoms with E-state index >= 15 is 0 Å². The highest BCUT2D eigenvalue weighted by atomic mass is 16.5. The summed E-state index contributed by atoms with van der Waals surface area (Å²) in [6, 6.07) is 24.0. The molecule has 0 aliphatic heterocycles. The third-order valence-corrected chi connectivity index (χ3v) is 7.13. The van der Waals surface area contributed by atoms with E-state index in [9.17, 15) is 9.59 Å². The smallest absolute Gasteiger partial charge is 0.411 e. The molecule has 39 heavy (non-hydrogen) atoms. The number of aryl methyl sites for hydroxylation is 2. The van der Waals surface area contributed by atoms with Crippen molar-refractivity contribution in [3.8, 4) is 22.5 Å². The number of hydrogen-bond acceptors (Lipinski definition) is 6. The number of carbonyl (C=O) groups is 2. The van der Waals surface area contributed by atoms with Crippen molar-refractivity contribution < 1.29 is 23.6 Å². The van der Waals surface area contributed by atoms with Gasteiger partial charge in [-0.1, -0.05) is 83.5 Å². The number of amides is 1. The van der Waals surface area contributed by atoms with Crippen LogP contribution in [0.2, 0.25) is 0 Å². The van der Waals surface area contributed by atoms with E-state index in [4.69, 9.17) is 14.0 Å². The number of rotatable bonds is 9. The monoisotopic (exact) mass is 524 g/mol. The molecule has 0 atom stereocenters. The van der Waals surface area contributed by atoms with Crippen LogP contribution in [0.25, 0.3) is 22.5 Å². The second kappa shape index (κ2) is 11.2. The molecule has 7 heteroatoms. The molecule has 1 amide bonds. The summed E-state index contributed by atoms with van der Waals surface area (Å²) in [6.07, 6.45) is 1.74. The number of ether oxygens (including phenoxy) is 2. The maximum atomic E-state index is 12.5. The third-order valence-electron chi connectivity index (χ3n) is 7.13. The molecule has 1 fully saturated rings. The maximum Gasteiger partial charge on any atom is 0.411 e. The van der Waals surface area contributed by atoms with Gasteiger partial charge in [0.25, 0.3) is 0 Å². The predicted molar refractivity (Wildman–Crippen MR) is 150 cm³/mol. The SMILES string of the molecule is CCOC(=O)C1(c2ccc(-c3ccc(-c4onc(C)c4NC(=O)OCCc4cccc(C)c4)cc3)cc2)CC1. The topological polar surface area (TPSA) is 90.7 Å². The van der Waals surface area contributed by atoms with E-state index in [1.165, 1.54) is 5.56 Å². The number of aromatic nitrogens is 1. The molecule has 1 N–H and O–H groups in total. The van der Waals surface area contributed by atoms with Gasteiger partial charge in [0, 0.05) is 12.0 Å². The van der Waals surface area contributed by atoms with Crippen molar-refractivity contribution in [3.63, 3.8) is 0 Å². The number of carbonyl (C=O) groups excluding carboxylic acids is 2. The quantitative estimate of drug-likeness (QED) is 0.237. The van der Waals surface area contributed by atoms with Crippen molar-refractivity contribution in [3.05, 3.63) is 95.2 Å². The molecule has 1 aliphatic carbocycles. The van der Waals surface area contributed by atoms with Crippen LogP contribution in [-0.2, 0) is 26.1 Å². The molecule has 1 heterocycles. The lowest BCUT2D eigenvalue weighted by atomic mass is 9.93. The van der Waals surface area contributed by atoms with E-state index in [2.05, 4.69) is 16.5 Å². The zero-order chi connectivity index (χ0) is 27.4. The molecule has 200 valence electrons. The van der Waals surface area contributed by atoms with Gasteiger partial charge in [0.15, 0.2) is 5.76 Å². The summed E-state index contributed by atoms with van der Waals surface area (Å²) in [4.78, 5) is 24.9. The third kappa shape index (κ3) is 5.72. The Morgan fingerprint density at radius 2 is 1.59 bits per heavy atom. The molecule has 5 rings (SSSR count). The number of esters is 1. The molecule has 0 bridgehead atoms. The van der Waals surface area contributed by atoms with Gasteiger partial charge >= 0.3 is 12.1 Å². The van der Waals surface area contributed by atoms with Gasteiger partial charge in [0.1, 0.15) is 11.4 Å². The van der Waals surface area contributed by atoms with Gasteiger partial charge in [-0.15, -0.1) is 0 Å². The fourth-order valence-electron chi connectivity index (χ4n) is 4.78. The van der Waals surface area contributed by atoms with E-state index in [0.717, 1.165) is 40.7 Å². The second-order valence-corrected chi connectivity index (χ2v) is 9.93. The molecule has 4 aromatic rings. The number of nitrogens with zero attached hydrogens (tertiary/aromatic N) is 1. The predicted octanol–water partition coefficient (Wildman–Crippen LogP) is 7.01. The largest absolute Gasteiger partial charge is 0.465 e. The summed E-state index contributed by atoms with van der Waals surface area (Å²) in [7, 11) is 0. The van der Waals surface area contributed by atoms with Crippen LogP contribution in [0.15, 0.2) is 77.3 Å². The van der Waals surface area contributed by atoms with Gasteiger partial charge in [0.2, 0.25) is 0 Å². The van der Waals surface area contributed by atoms with E-state index in [1.54, 1.807) is 6.92 Å². The Kier molecular flexibility index (Phi) is 7.50. The second-order valence-electron chi connectivity index (χ2n) is 9.93. The maximum absolute atomic E-state index is 12.5. The molecule has 1 aliphatic rings. The average molecular weight is 525 g/mol. The first-order chi connectivity index (χ1) is 18.9. The molecular formula is C32H32N2O5. The summed E-state index contributed by atoms with van der Waals surface area (Å²) in [5.41, 5.74) is 6.70. The molecule has 0 unspecified atom stereocenters. The zero-order valence-corrected chi connectivity index (χ0v) is 22.5. The van der Waals surface area contributed by atoms with Crippen LogP contribution in [0.3, 0.4) is 0 Å². The normalized spacial score (nSPS) is 13.5. The molecule has 1 saturated carbocycles. The standard InChI is InChI=1S/C32H32N2O5/c1-4-37-30(35)32(17-18-32)27-14-12-25(13-15-27)24-8-10-26(11-9-24)29-28(22(3)34-39-29)33-31(36)38-19-16-23-7-5-6-21(2)20-23/h5-15,20H,4,16-19H2,1-3H3,(H,33,36). The van der Waals surface area contributed by atoms with Crippen LogP contribution in [0.1, 0.15) is 42.1 Å². The van der Waals surface area contributed by atoms with Crippen molar-refractivity contribution in [2.45, 2.75) is 45.4 Å². The Labute approximate surface area is 228 Å². The molecule has 3 aromatic carbocycles. The van der Waals surface area contributed by atoms with Crippen LogP contribution < -0.4 is 5.32 Å². The Bertz CT molecular complexity index is 1470. The van der Waals surface area contributed by atoms with Crippen LogP contribution in [0.4, 0.5) is 10.5 Å². The van der Waals surface area contributed by atoms with Crippen LogP contribution in [0, 0.1) is 13.8 Å². The van der Waals surface area contributed by atoms with Gasteiger partial charge in [-0.25, -0.2) is 4.79 Å². The molecular weight excluding hydrogens is 492 g/mol. The number of hydrogen-bond donors (Lipinski definition) is 1. The summed E-state index contributed by atoms with van der Waals surface area (Å²) < 4.78 is 16.2. The highest BCUT2D eigenvalue weighted by Gasteiger charge is 2.52. The highest BCUT2D eigenvalue weighted by molar-refractivity contribution is 5.91. The van der Waals surface area contributed by atoms with E-state index in [0.29, 0.717) is 30.2 Å². The van der Waals surface area contributed by atoms with Crippen molar-refractivity contribution in [2.75, 3.05) is 18.5 Å². The summed E-state index contributed by atoms with van der Waals surface area (Å²) in [6.45, 7) is 6.30. The summed E-state index contributed by atoms with van der Waals surface area (Å²) in [5.74, 6) is 0.333. The number of nitrogens with one attached hydrogen (secondary N) is 1. The van der Waals surface area contributed by atoms with Crippen molar-refractivity contribution >= 4 is 17.7 Å². The minimum Gasteiger partial charge on any atom is -0.465 e. The van der Waals surface area contributed by atoms with E-state index < -0.39 is 11.5 Å². The van der Waals surface area contributed by atoms with Crippen molar-refractivity contribution in [1.82, 2.24) is 5.16 Å². The van der Waals surface area contributed by atoms with Gasteiger partial charge in [-0.3, -0.25) is 10.1 Å². The molecule has 0 spiro atoms. The van der Waals surface area contributed by atoms with Crippen LogP contribution in [-0.4, -0.2) is 30.4 Å². The Morgan fingerprint density at radius 3 is 2.23 bits per heavy atom. The lowest BCUT2D eigenvalue weighted by Crippen LogP contribution is -2.23. The van der Waals surface area contributed by atoms with Gasteiger partial charge in [-0.05, 0) is 55.9 Å². The number of benzene rings is 3. The lowest BCUT2D eigenvalue weighted by Gasteiger charge is -2.14. The molecule has 0 saturated heterocycles. The first-order valence-corrected chi connectivity index (χ1v) is 13.2. The van der Waals surface area contributed by atoms with Gasteiger partial charge in [-0.2, -0.15) is 0 Å². The van der Waals surface area contributed by atoms with E-state index in [-0.39, 0.29) is 12.6 Å². The lowest BCUT2D eigenvalue weighted by molar-refractivity contribution is -0.146. The molecule has 7 nitrogen and oxygen atoms in total. The minimum atomic E-state index is -0.553. The van der Waals surface area contributed by atoms with Gasteiger partial charge in [0.05, 0.1) is 18.6 Å². The van der Waals surface area contributed by atoms with Crippen molar-refractivity contribution in [2.24, 2.45) is 0 Å². The summed E-state index contributed by atoms with van der Waals surface area (Å²) in [5, 5.41) is 6.84. The number of anilines is 1. The Balaban J connectivity index is 1.24. The first kappa shape index (κ1) is 26.2. The molecule has 1 aromatic heterocycles. The summed E-state index contributed by atoms with van der Waals surface area (Å²) >= 11 is 0. The first-order valence-electron chi connectivity index (χ1n) is 13.2. The highest BCUT2D eigenvalue weighted by Crippen LogP contribution is 2.49. The van der Waals surface area contributed by atoms with Crippen LogP contribution in [0.5, 0.6) is 0 Å². The average Bonchev–Trinajstić information content (AvgIpc) is 3.68. The zero-order valence-electron chi connectivity index (χ0n) is 22.5. The Morgan fingerprint density at radius 1 is 0.923 bits per heavy atom. The Hall–Kier alpha value is -4.39.